The summed E-state index contributed by atoms with van der Waals surface area (Å²) < 4.78 is 6.82. The number of hydrogen-bond acceptors (Lipinski definition) is 5. The average Bonchev–Trinajstić information content (AvgIpc) is 2.93. The van der Waals surface area contributed by atoms with Gasteiger partial charge in [-0.05, 0) is 12.1 Å². The lowest BCUT2D eigenvalue weighted by atomic mass is 10.3. The number of nitrogens with zero attached hydrogens (tertiary/aromatic N) is 4. The summed E-state index contributed by atoms with van der Waals surface area (Å²) in [6.07, 6.45) is 2.68. The van der Waals surface area contributed by atoms with E-state index in [0.29, 0.717) is 0 Å². The lowest BCUT2D eigenvalue weighted by Crippen LogP contribution is -2.08. The van der Waals surface area contributed by atoms with Gasteiger partial charge < -0.3 is 9.72 Å². The maximum atomic E-state index is 11.3. The molecule has 3 aromatic rings. The second kappa shape index (κ2) is 5.14. The number of rotatable bonds is 3. The van der Waals surface area contributed by atoms with Crippen LogP contribution in [-0.2, 0) is 0 Å². The number of hydrogen-bond donors (Lipinski definition) is 1. The SMILES string of the molecule is O=c1[nH]cnc(Oc2ncn(-c3ccccc3)n2)c1Cl. The molecule has 1 aromatic carbocycles. The van der Waals surface area contributed by atoms with Gasteiger partial charge in [-0.25, -0.2) is 9.67 Å². The number of benzene rings is 1. The molecule has 7 nitrogen and oxygen atoms in total. The Morgan fingerprint density at radius 2 is 2.00 bits per heavy atom. The quantitative estimate of drug-likeness (QED) is 0.794. The first kappa shape index (κ1) is 12.4. The molecule has 3 rings (SSSR count). The van der Waals surface area contributed by atoms with Crippen LogP contribution in [0.3, 0.4) is 0 Å². The van der Waals surface area contributed by atoms with E-state index in [4.69, 9.17) is 16.3 Å². The third kappa shape index (κ3) is 2.39. The summed E-state index contributed by atoms with van der Waals surface area (Å²) in [6.45, 7) is 0. The summed E-state index contributed by atoms with van der Waals surface area (Å²) in [4.78, 5) is 21.4. The van der Waals surface area contributed by atoms with Crippen molar-refractivity contribution in [2.45, 2.75) is 0 Å². The molecule has 0 fully saturated rings. The van der Waals surface area contributed by atoms with Crippen LogP contribution in [0.15, 0.2) is 47.8 Å². The summed E-state index contributed by atoms with van der Waals surface area (Å²) in [5.41, 5.74) is 0.346. The number of aromatic amines is 1. The van der Waals surface area contributed by atoms with E-state index in [1.165, 1.54) is 17.3 Å². The fraction of sp³-hybridized carbons (Fsp3) is 0. The number of para-hydroxylation sites is 1. The van der Waals surface area contributed by atoms with Gasteiger partial charge in [0.15, 0.2) is 5.02 Å². The second-order valence-corrected chi connectivity index (χ2v) is 4.14. The van der Waals surface area contributed by atoms with Gasteiger partial charge in [0.2, 0.25) is 5.88 Å². The predicted molar refractivity (Wildman–Crippen MR) is 71.3 cm³/mol. The summed E-state index contributed by atoms with van der Waals surface area (Å²) in [6, 6.07) is 9.46. The summed E-state index contributed by atoms with van der Waals surface area (Å²) in [5.74, 6) is -0.0405. The molecular formula is C12H8ClN5O2. The Balaban J connectivity index is 1.88. The van der Waals surface area contributed by atoms with Crippen molar-refractivity contribution in [3.63, 3.8) is 0 Å². The Morgan fingerprint density at radius 3 is 2.80 bits per heavy atom. The molecule has 0 saturated carbocycles. The number of nitrogens with one attached hydrogen (secondary N) is 1. The van der Waals surface area contributed by atoms with Crippen molar-refractivity contribution in [3.05, 3.63) is 58.4 Å². The number of aromatic nitrogens is 5. The molecule has 0 aliphatic carbocycles. The van der Waals surface area contributed by atoms with Gasteiger partial charge in [-0.3, -0.25) is 4.79 Å². The molecule has 0 saturated heterocycles. The highest BCUT2D eigenvalue weighted by atomic mass is 35.5. The van der Waals surface area contributed by atoms with E-state index in [9.17, 15) is 4.79 Å². The molecule has 1 N–H and O–H groups in total. The standard InChI is InChI=1S/C12H8ClN5O2/c13-9-10(19)14-6-15-11(9)20-12-16-7-18(17-12)8-4-2-1-3-5-8/h1-7H,(H,14,15,19). The molecule has 20 heavy (non-hydrogen) atoms. The van der Waals surface area contributed by atoms with Gasteiger partial charge >= 0.3 is 6.01 Å². The highest BCUT2D eigenvalue weighted by Crippen LogP contribution is 2.20. The van der Waals surface area contributed by atoms with E-state index in [-0.39, 0.29) is 16.9 Å². The molecule has 0 amide bonds. The van der Waals surface area contributed by atoms with Gasteiger partial charge in [-0.2, -0.15) is 4.98 Å². The lowest BCUT2D eigenvalue weighted by molar-refractivity contribution is 0.423. The third-order valence-electron chi connectivity index (χ3n) is 2.44. The van der Waals surface area contributed by atoms with Crippen LogP contribution in [0, 0.1) is 0 Å². The summed E-state index contributed by atoms with van der Waals surface area (Å²) in [7, 11) is 0. The van der Waals surface area contributed by atoms with E-state index in [1.807, 2.05) is 30.3 Å². The zero-order chi connectivity index (χ0) is 13.9. The van der Waals surface area contributed by atoms with Crippen molar-refractivity contribution in [1.82, 2.24) is 24.7 Å². The van der Waals surface area contributed by atoms with Crippen molar-refractivity contribution in [1.29, 1.82) is 0 Å². The van der Waals surface area contributed by atoms with Crippen LogP contribution in [-0.4, -0.2) is 24.7 Å². The monoisotopic (exact) mass is 289 g/mol. The number of ether oxygens (including phenoxy) is 1. The Hall–Kier alpha value is -2.67. The minimum atomic E-state index is -0.487. The Kier molecular flexibility index (Phi) is 3.18. The molecule has 0 radical (unpaired) electrons. The summed E-state index contributed by atoms with van der Waals surface area (Å²) >= 11 is 5.77. The van der Waals surface area contributed by atoms with Gasteiger partial charge in [0.1, 0.15) is 6.33 Å². The van der Waals surface area contributed by atoms with Crippen molar-refractivity contribution in [3.8, 4) is 17.6 Å². The van der Waals surface area contributed by atoms with Crippen molar-refractivity contribution in [2.75, 3.05) is 0 Å². The van der Waals surface area contributed by atoms with Crippen LogP contribution in [0.4, 0.5) is 0 Å². The fourth-order valence-corrected chi connectivity index (χ4v) is 1.67. The molecule has 0 bridgehead atoms. The van der Waals surface area contributed by atoms with E-state index >= 15 is 0 Å². The van der Waals surface area contributed by atoms with Crippen molar-refractivity contribution >= 4 is 11.6 Å². The second-order valence-electron chi connectivity index (χ2n) is 3.76. The van der Waals surface area contributed by atoms with E-state index < -0.39 is 5.56 Å². The molecule has 0 atom stereocenters. The Bertz CT molecular complexity index is 784. The molecule has 0 aliphatic heterocycles. The van der Waals surface area contributed by atoms with Crippen LogP contribution in [0.2, 0.25) is 5.02 Å². The van der Waals surface area contributed by atoms with Crippen LogP contribution >= 0.6 is 11.6 Å². The smallest absolute Gasteiger partial charge is 0.342 e. The molecule has 0 aliphatic rings. The zero-order valence-corrected chi connectivity index (χ0v) is 10.8. The topological polar surface area (TPSA) is 85.7 Å². The fourth-order valence-electron chi connectivity index (χ4n) is 1.52. The van der Waals surface area contributed by atoms with Gasteiger partial charge in [0, 0.05) is 0 Å². The first-order valence-electron chi connectivity index (χ1n) is 5.62. The zero-order valence-electron chi connectivity index (χ0n) is 10.0. The minimum absolute atomic E-state index is 0.0405. The van der Waals surface area contributed by atoms with Gasteiger partial charge in [-0.15, -0.1) is 5.10 Å². The number of halogens is 1. The molecular weight excluding hydrogens is 282 g/mol. The predicted octanol–water partition coefficient (Wildman–Crippen LogP) is 1.80. The van der Waals surface area contributed by atoms with Crippen LogP contribution in [0.25, 0.3) is 5.69 Å². The highest BCUT2D eigenvalue weighted by molar-refractivity contribution is 6.31. The molecule has 2 aromatic heterocycles. The molecule has 100 valence electrons. The van der Waals surface area contributed by atoms with Crippen LogP contribution < -0.4 is 10.3 Å². The van der Waals surface area contributed by atoms with Gasteiger partial charge in [0.25, 0.3) is 5.56 Å². The van der Waals surface area contributed by atoms with Gasteiger partial charge in [0.05, 0.1) is 12.0 Å². The Morgan fingerprint density at radius 1 is 1.20 bits per heavy atom. The summed E-state index contributed by atoms with van der Waals surface area (Å²) in [5, 5.41) is 3.97. The molecule has 0 unspecified atom stereocenters. The average molecular weight is 290 g/mol. The van der Waals surface area contributed by atoms with E-state index in [1.54, 1.807) is 0 Å². The first-order valence-corrected chi connectivity index (χ1v) is 6.00. The lowest BCUT2D eigenvalue weighted by Gasteiger charge is -2.00. The highest BCUT2D eigenvalue weighted by Gasteiger charge is 2.11. The molecule has 0 spiro atoms. The van der Waals surface area contributed by atoms with Crippen molar-refractivity contribution in [2.24, 2.45) is 0 Å². The van der Waals surface area contributed by atoms with E-state index in [2.05, 4.69) is 20.1 Å². The molecule has 2 heterocycles. The minimum Gasteiger partial charge on any atom is -0.402 e. The number of H-pyrrole nitrogens is 1. The Labute approximate surface area is 117 Å². The third-order valence-corrected chi connectivity index (χ3v) is 2.78. The van der Waals surface area contributed by atoms with Crippen molar-refractivity contribution < 1.29 is 4.74 Å². The first-order chi connectivity index (χ1) is 9.74. The van der Waals surface area contributed by atoms with Crippen LogP contribution in [0.1, 0.15) is 0 Å². The van der Waals surface area contributed by atoms with Crippen LogP contribution in [0.5, 0.6) is 11.9 Å². The maximum Gasteiger partial charge on any atom is 0.342 e. The largest absolute Gasteiger partial charge is 0.402 e. The molecule has 8 heteroatoms. The maximum absolute atomic E-state index is 11.3. The van der Waals surface area contributed by atoms with E-state index in [0.717, 1.165) is 5.69 Å². The normalized spacial score (nSPS) is 10.4. The van der Waals surface area contributed by atoms with Gasteiger partial charge in [-0.1, -0.05) is 29.8 Å².